The molecule has 0 spiro atoms. The molecule has 0 fully saturated rings. The van der Waals surface area contributed by atoms with Crippen LogP contribution in [0, 0.1) is 0 Å². The third kappa shape index (κ3) is 4.61. The van der Waals surface area contributed by atoms with E-state index in [1.54, 1.807) is 25.1 Å². The van der Waals surface area contributed by atoms with Gasteiger partial charge in [-0.15, -0.1) is 0 Å². The Balaban J connectivity index is 2.82. The quantitative estimate of drug-likeness (QED) is 0.639. The maximum absolute atomic E-state index is 11.4. The molecule has 1 aromatic rings. The molecule has 0 aromatic heterocycles. The van der Waals surface area contributed by atoms with Crippen LogP contribution in [0.2, 0.25) is 0 Å². The molecule has 0 heterocycles. The van der Waals surface area contributed by atoms with Crippen LogP contribution in [0.1, 0.15) is 25.8 Å². The number of aliphatic carboxylic acids is 1. The average Bonchev–Trinajstić information content (AvgIpc) is 2.50. The van der Waals surface area contributed by atoms with Crippen molar-refractivity contribution < 1.29 is 24.5 Å². The topological polar surface area (TPSA) is 88.0 Å². The van der Waals surface area contributed by atoms with E-state index in [4.69, 9.17) is 14.6 Å². The molecule has 6 heteroatoms. The van der Waals surface area contributed by atoms with Gasteiger partial charge in [0.1, 0.15) is 12.1 Å². The van der Waals surface area contributed by atoms with E-state index in [0.717, 1.165) is 6.42 Å². The van der Waals surface area contributed by atoms with Crippen LogP contribution in [0.3, 0.4) is 0 Å². The minimum atomic E-state index is -1.17. The summed E-state index contributed by atoms with van der Waals surface area (Å²) >= 11 is 0. The number of hydrogen-bond donors (Lipinski definition) is 3. The first-order valence-electron chi connectivity index (χ1n) is 6.85. The molecule has 0 aliphatic heterocycles. The van der Waals surface area contributed by atoms with Crippen LogP contribution in [-0.2, 0) is 11.4 Å². The number of methoxy groups -OCH3 is 1. The number of benzene rings is 1. The van der Waals surface area contributed by atoms with Crippen LogP contribution < -0.4 is 14.8 Å². The van der Waals surface area contributed by atoms with Crippen molar-refractivity contribution in [2.24, 2.45) is 0 Å². The Hall–Kier alpha value is -1.79. The zero-order valence-corrected chi connectivity index (χ0v) is 12.7. The van der Waals surface area contributed by atoms with Gasteiger partial charge < -0.3 is 19.7 Å². The standard InChI is InChI=1S/C15H23NO5/c1-4-7-16-15(2,14(18)19)10-21-12-6-5-11(9-17)8-13(12)20-3/h5-6,8,16-17H,4,7,9-10H2,1-3H3,(H,18,19). The zero-order chi connectivity index (χ0) is 15.9. The highest BCUT2D eigenvalue weighted by Crippen LogP contribution is 2.28. The fourth-order valence-corrected chi connectivity index (χ4v) is 1.74. The number of carboxylic acids is 1. The normalized spacial score (nSPS) is 13.5. The van der Waals surface area contributed by atoms with E-state index >= 15 is 0 Å². The predicted octanol–water partition coefficient (Wildman–Crippen LogP) is 1.41. The van der Waals surface area contributed by atoms with Gasteiger partial charge in [-0.3, -0.25) is 10.1 Å². The second-order valence-corrected chi connectivity index (χ2v) is 5.00. The lowest BCUT2D eigenvalue weighted by Gasteiger charge is -2.26. The molecule has 1 rings (SSSR count). The third-order valence-electron chi connectivity index (χ3n) is 3.16. The summed E-state index contributed by atoms with van der Waals surface area (Å²) in [6.07, 6.45) is 0.831. The van der Waals surface area contributed by atoms with Crippen LogP contribution in [0.5, 0.6) is 11.5 Å². The molecule has 1 atom stereocenters. The SMILES string of the molecule is CCCNC(C)(COc1ccc(CO)cc1OC)C(=O)O. The van der Waals surface area contributed by atoms with Crippen LogP contribution in [-0.4, -0.2) is 42.0 Å². The fraction of sp³-hybridized carbons (Fsp3) is 0.533. The molecular formula is C15H23NO5. The maximum atomic E-state index is 11.4. The number of hydrogen-bond acceptors (Lipinski definition) is 5. The highest BCUT2D eigenvalue weighted by molar-refractivity contribution is 5.78. The summed E-state index contributed by atoms with van der Waals surface area (Å²) in [6.45, 7) is 4.01. The van der Waals surface area contributed by atoms with Gasteiger partial charge in [0.2, 0.25) is 0 Å². The monoisotopic (exact) mass is 297 g/mol. The molecule has 0 aliphatic rings. The van der Waals surface area contributed by atoms with Gasteiger partial charge in [0, 0.05) is 0 Å². The molecule has 0 bridgehead atoms. The first-order valence-corrected chi connectivity index (χ1v) is 6.85. The third-order valence-corrected chi connectivity index (χ3v) is 3.16. The van der Waals surface area contributed by atoms with E-state index < -0.39 is 11.5 Å². The van der Waals surface area contributed by atoms with Gasteiger partial charge in [-0.1, -0.05) is 13.0 Å². The Morgan fingerprint density at radius 2 is 2.10 bits per heavy atom. The molecule has 0 saturated heterocycles. The first-order chi connectivity index (χ1) is 9.96. The summed E-state index contributed by atoms with van der Waals surface area (Å²) in [5.41, 5.74) is -0.472. The Labute approximate surface area is 124 Å². The Kier molecular flexibility index (Phi) is 6.45. The average molecular weight is 297 g/mol. The summed E-state index contributed by atoms with van der Waals surface area (Å²) in [5.74, 6) is -0.0628. The van der Waals surface area contributed by atoms with Gasteiger partial charge in [0.25, 0.3) is 0 Å². The second-order valence-electron chi connectivity index (χ2n) is 5.00. The zero-order valence-electron chi connectivity index (χ0n) is 12.7. The molecule has 1 aromatic carbocycles. The number of aliphatic hydroxyl groups is 1. The van der Waals surface area contributed by atoms with E-state index in [9.17, 15) is 9.90 Å². The largest absolute Gasteiger partial charge is 0.493 e. The maximum Gasteiger partial charge on any atom is 0.327 e. The van der Waals surface area contributed by atoms with Crippen molar-refractivity contribution in [2.45, 2.75) is 32.4 Å². The number of ether oxygens (including phenoxy) is 2. The molecule has 6 nitrogen and oxygen atoms in total. The molecule has 0 radical (unpaired) electrons. The highest BCUT2D eigenvalue weighted by atomic mass is 16.5. The van der Waals surface area contributed by atoms with Crippen LogP contribution in [0.15, 0.2) is 18.2 Å². The molecular weight excluding hydrogens is 274 g/mol. The lowest BCUT2D eigenvalue weighted by atomic mass is 10.0. The molecule has 0 saturated carbocycles. The summed E-state index contributed by atoms with van der Waals surface area (Å²) in [6, 6.07) is 5.02. The van der Waals surface area contributed by atoms with Crippen molar-refractivity contribution in [3.8, 4) is 11.5 Å². The predicted molar refractivity (Wildman–Crippen MR) is 78.7 cm³/mol. The second kappa shape index (κ2) is 7.85. The van der Waals surface area contributed by atoms with Crippen molar-refractivity contribution in [1.82, 2.24) is 5.32 Å². The van der Waals surface area contributed by atoms with E-state index in [1.807, 2.05) is 6.92 Å². The summed E-state index contributed by atoms with van der Waals surface area (Å²) < 4.78 is 10.8. The van der Waals surface area contributed by atoms with Gasteiger partial charge >= 0.3 is 5.97 Å². The van der Waals surface area contributed by atoms with E-state index in [-0.39, 0.29) is 13.2 Å². The smallest absolute Gasteiger partial charge is 0.327 e. The number of rotatable bonds is 9. The molecule has 0 aliphatic carbocycles. The molecule has 0 amide bonds. The lowest BCUT2D eigenvalue weighted by molar-refractivity contribution is -0.145. The van der Waals surface area contributed by atoms with Crippen LogP contribution in [0.4, 0.5) is 0 Å². The Morgan fingerprint density at radius 3 is 2.62 bits per heavy atom. The van der Waals surface area contributed by atoms with Gasteiger partial charge in [0.05, 0.1) is 13.7 Å². The van der Waals surface area contributed by atoms with Gasteiger partial charge in [-0.2, -0.15) is 0 Å². The Morgan fingerprint density at radius 1 is 1.38 bits per heavy atom. The van der Waals surface area contributed by atoms with E-state index in [1.165, 1.54) is 7.11 Å². The minimum Gasteiger partial charge on any atom is -0.493 e. The molecule has 118 valence electrons. The summed E-state index contributed by atoms with van der Waals surface area (Å²) in [4.78, 5) is 11.4. The fourth-order valence-electron chi connectivity index (χ4n) is 1.74. The summed E-state index contributed by atoms with van der Waals surface area (Å²) in [7, 11) is 1.50. The van der Waals surface area contributed by atoms with Crippen molar-refractivity contribution in [1.29, 1.82) is 0 Å². The van der Waals surface area contributed by atoms with Crippen molar-refractivity contribution >= 4 is 5.97 Å². The van der Waals surface area contributed by atoms with Gasteiger partial charge in [0.15, 0.2) is 11.5 Å². The van der Waals surface area contributed by atoms with Crippen LogP contribution in [0.25, 0.3) is 0 Å². The molecule has 1 unspecified atom stereocenters. The number of nitrogens with one attached hydrogen (secondary N) is 1. The lowest BCUT2D eigenvalue weighted by Crippen LogP contribution is -2.54. The van der Waals surface area contributed by atoms with Crippen LogP contribution >= 0.6 is 0 Å². The highest BCUT2D eigenvalue weighted by Gasteiger charge is 2.33. The van der Waals surface area contributed by atoms with E-state index in [0.29, 0.717) is 23.6 Å². The number of aliphatic hydroxyl groups excluding tert-OH is 1. The van der Waals surface area contributed by atoms with Gasteiger partial charge in [-0.25, -0.2) is 0 Å². The molecule has 3 N–H and O–H groups in total. The Bertz CT molecular complexity index is 477. The number of carbonyl (C=O) groups is 1. The summed E-state index contributed by atoms with van der Waals surface area (Å²) in [5, 5.41) is 21.4. The first kappa shape index (κ1) is 17.3. The van der Waals surface area contributed by atoms with E-state index in [2.05, 4.69) is 5.32 Å². The van der Waals surface area contributed by atoms with Gasteiger partial charge in [-0.05, 0) is 37.6 Å². The van der Waals surface area contributed by atoms with Crippen molar-refractivity contribution in [2.75, 3.05) is 20.3 Å². The minimum absolute atomic E-state index is 0.0306. The number of carboxylic acid groups (broad SMARTS) is 1. The van der Waals surface area contributed by atoms with Crippen molar-refractivity contribution in [3.05, 3.63) is 23.8 Å². The van der Waals surface area contributed by atoms with Crippen molar-refractivity contribution in [3.63, 3.8) is 0 Å². The molecule has 21 heavy (non-hydrogen) atoms.